The fourth-order valence-electron chi connectivity index (χ4n) is 3.17. The van der Waals surface area contributed by atoms with Crippen LogP contribution in [0.15, 0.2) is 35.0 Å². The van der Waals surface area contributed by atoms with Crippen LogP contribution in [-0.4, -0.2) is 27.3 Å². The number of fused-ring (bicyclic) bond motifs is 1. The number of amides is 1. The van der Waals surface area contributed by atoms with Crippen molar-refractivity contribution >= 4 is 28.3 Å². The number of nitrogens with zero attached hydrogens (tertiary/aromatic N) is 2. The number of H-pyrrole nitrogens is 1. The summed E-state index contributed by atoms with van der Waals surface area (Å²) in [7, 11) is 0. The maximum absolute atomic E-state index is 13.4. The van der Waals surface area contributed by atoms with Crippen LogP contribution in [0.3, 0.4) is 0 Å². The number of aromatic amines is 1. The number of carbonyl (C=O) groups excluding carboxylic acids is 1. The zero-order valence-corrected chi connectivity index (χ0v) is 13.3. The molecule has 1 saturated heterocycles. The molecule has 1 atom stereocenters. The molecule has 3 heterocycles. The highest BCUT2D eigenvalue weighted by atomic mass is 32.1. The first-order valence-corrected chi connectivity index (χ1v) is 8.65. The number of thiophene rings is 1. The summed E-state index contributed by atoms with van der Waals surface area (Å²) in [6.07, 6.45) is 2.93. The molecule has 4 nitrogen and oxygen atoms in total. The smallest absolute Gasteiger partial charge is 0.255 e. The van der Waals surface area contributed by atoms with E-state index in [0.717, 1.165) is 42.7 Å². The van der Waals surface area contributed by atoms with E-state index in [2.05, 4.69) is 9.97 Å². The van der Waals surface area contributed by atoms with Crippen molar-refractivity contribution in [1.82, 2.24) is 14.9 Å². The van der Waals surface area contributed by atoms with Crippen molar-refractivity contribution in [3.8, 4) is 0 Å². The molecule has 4 rings (SSSR count). The maximum atomic E-state index is 13.4. The zero-order chi connectivity index (χ0) is 15.8. The normalized spacial score (nSPS) is 18.5. The maximum Gasteiger partial charge on any atom is 0.255 e. The number of carbonyl (C=O) groups is 1. The van der Waals surface area contributed by atoms with Crippen molar-refractivity contribution in [1.29, 1.82) is 0 Å². The van der Waals surface area contributed by atoms with Gasteiger partial charge in [-0.25, -0.2) is 9.37 Å². The molecule has 0 unspecified atom stereocenters. The number of aromatic nitrogens is 2. The van der Waals surface area contributed by atoms with Gasteiger partial charge in [0, 0.05) is 11.9 Å². The molecule has 1 aliphatic rings. The summed E-state index contributed by atoms with van der Waals surface area (Å²) in [5.74, 6) is 0.499. The van der Waals surface area contributed by atoms with Gasteiger partial charge in [0.25, 0.3) is 5.91 Å². The number of halogens is 1. The summed E-state index contributed by atoms with van der Waals surface area (Å²) < 4.78 is 13.4. The van der Waals surface area contributed by atoms with E-state index in [1.54, 1.807) is 6.07 Å². The lowest BCUT2D eigenvalue weighted by Crippen LogP contribution is -2.38. The minimum Gasteiger partial charge on any atom is -0.340 e. The number of likely N-dealkylation sites (tertiary alicyclic amines) is 1. The largest absolute Gasteiger partial charge is 0.340 e. The lowest BCUT2D eigenvalue weighted by Gasteiger charge is -2.34. The predicted octanol–water partition coefficient (Wildman–Crippen LogP) is 4.13. The second-order valence-electron chi connectivity index (χ2n) is 5.81. The molecule has 1 N–H and O–H groups in total. The molecule has 118 valence electrons. The molecule has 2 aromatic heterocycles. The molecule has 1 aromatic carbocycles. The number of hydrogen-bond acceptors (Lipinski definition) is 3. The molecule has 23 heavy (non-hydrogen) atoms. The molecule has 0 saturated carbocycles. The Balaban J connectivity index is 1.70. The fourth-order valence-corrected chi connectivity index (χ4v) is 3.80. The first kappa shape index (κ1) is 14.4. The molecule has 3 aromatic rings. The van der Waals surface area contributed by atoms with E-state index in [1.165, 1.54) is 23.5 Å². The molecular weight excluding hydrogens is 313 g/mol. The zero-order valence-electron chi connectivity index (χ0n) is 12.5. The Morgan fingerprint density at radius 1 is 1.35 bits per heavy atom. The molecule has 0 spiro atoms. The second-order valence-corrected chi connectivity index (χ2v) is 6.59. The third-order valence-corrected chi connectivity index (χ3v) is 4.99. The number of nitrogens with one attached hydrogen (secondary N) is 1. The molecule has 0 bridgehead atoms. The van der Waals surface area contributed by atoms with Gasteiger partial charge in [0.2, 0.25) is 0 Å². The van der Waals surface area contributed by atoms with Crippen LogP contribution in [0, 0.1) is 5.82 Å². The number of rotatable bonds is 2. The molecule has 0 radical (unpaired) electrons. The average Bonchev–Trinajstić information content (AvgIpc) is 3.23. The Hall–Kier alpha value is -2.21. The van der Waals surface area contributed by atoms with Crippen LogP contribution in [0.1, 0.15) is 41.5 Å². The number of benzene rings is 1. The third kappa shape index (κ3) is 2.63. The van der Waals surface area contributed by atoms with Gasteiger partial charge in [0.1, 0.15) is 11.6 Å². The van der Waals surface area contributed by atoms with Crippen molar-refractivity contribution in [2.45, 2.75) is 25.3 Å². The van der Waals surface area contributed by atoms with Gasteiger partial charge >= 0.3 is 0 Å². The predicted molar refractivity (Wildman–Crippen MR) is 88.0 cm³/mol. The van der Waals surface area contributed by atoms with Gasteiger partial charge in [0.15, 0.2) is 0 Å². The lowest BCUT2D eigenvalue weighted by atomic mass is 10.0. The highest BCUT2D eigenvalue weighted by Gasteiger charge is 2.30. The SMILES string of the molecule is O=C(c1ccsc1)N1CCCC[C@H]1c1nc2ccc(F)cc2[nH]1. The minimum atomic E-state index is -0.289. The van der Waals surface area contributed by atoms with Gasteiger partial charge in [-0.3, -0.25) is 4.79 Å². The molecule has 1 amide bonds. The van der Waals surface area contributed by atoms with Crippen LogP contribution in [-0.2, 0) is 0 Å². The second kappa shape index (κ2) is 5.77. The molecular formula is C17H16FN3OS. The Bertz CT molecular complexity index is 843. The minimum absolute atomic E-state index is 0.0441. The van der Waals surface area contributed by atoms with Crippen LogP contribution in [0.5, 0.6) is 0 Å². The van der Waals surface area contributed by atoms with Crippen molar-refractivity contribution in [2.75, 3.05) is 6.54 Å². The molecule has 0 aliphatic carbocycles. The van der Waals surface area contributed by atoms with Crippen molar-refractivity contribution in [3.63, 3.8) is 0 Å². The van der Waals surface area contributed by atoms with Crippen LogP contribution >= 0.6 is 11.3 Å². The third-order valence-electron chi connectivity index (χ3n) is 4.31. The van der Waals surface area contributed by atoms with Crippen molar-refractivity contribution in [2.24, 2.45) is 0 Å². The number of piperidine rings is 1. The van der Waals surface area contributed by atoms with E-state index in [9.17, 15) is 9.18 Å². The topological polar surface area (TPSA) is 49.0 Å². The van der Waals surface area contributed by atoms with Crippen LogP contribution in [0.4, 0.5) is 4.39 Å². The Morgan fingerprint density at radius 2 is 2.26 bits per heavy atom. The van der Waals surface area contributed by atoms with Crippen molar-refractivity contribution in [3.05, 3.63) is 52.2 Å². The summed E-state index contributed by atoms with van der Waals surface area (Å²) in [4.78, 5) is 22.4. The number of hydrogen-bond donors (Lipinski definition) is 1. The summed E-state index contributed by atoms with van der Waals surface area (Å²) in [5, 5.41) is 3.79. The Morgan fingerprint density at radius 3 is 3.09 bits per heavy atom. The van der Waals surface area contributed by atoms with Crippen LogP contribution in [0.25, 0.3) is 11.0 Å². The molecule has 6 heteroatoms. The quantitative estimate of drug-likeness (QED) is 0.768. The average molecular weight is 329 g/mol. The van der Waals surface area contributed by atoms with Gasteiger partial charge in [-0.2, -0.15) is 11.3 Å². The van der Waals surface area contributed by atoms with Gasteiger partial charge < -0.3 is 9.88 Å². The highest BCUT2D eigenvalue weighted by Crippen LogP contribution is 2.32. The van der Waals surface area contributed by atoms with E-state index in [0.29, 0.717) is 5.52 Å². The Kier molecular flexibility index (Phi) is 3.61. The summed E-state index contributed by atoms with van der Waals surface area (Å²) in [5.41, 5.74) is 2.13. The first-order valence-electron chi connectivity index (χ1n) is 7.71. The summed E-state index contributed by atoms with van der Waals surface area (Å²) in [6, 6.07) is 6.29. The lowest BCUT2D eigenvalue weighted by molar-refractivity contribution is 0.0602. The standard InChI is InChI=1S/C17H16FN3OS/c18-12-4-5-13-14(9-12)20-16(19-13)15-3-1-2-7-21(15)17(22)11-6-8-23-10-11/h4-6,8-10,15H,1-3,7H2,(H,19,20)/t15-/m0/s1. The summed E-state index contributed by atoms with van der Waals surface area (Å²) >= 11 is 1.52. The number of imidazole rings is 1. The van der Waals surface area contributed by atoms with Gasteiger partial charge in [-0.15, -0.1) is 0 Å². The Labute approximate surface area is 137 Å². The van der Waals surface area contributed by atoms with E-state index in [1.807, 2.05) is 21.7 Å². The van der Waals surface area contributed by atoms with Crippen LogP contribution < -0.4 is 0 Å². The molecule has 1 aliphatic heterocycles. The van der Waals surface area contributed by atoms with Gasteiger partial charge in [-0.1, -0.05) is 0 Å². The molecule has 1 fully saturated rings. The van der Waals surface area contributed by atoms with Crippen LogP contribution in [0.2, 0.25) is 0 Å². The summed E-state index contributed by atoms with van der Waals surface area (Å²) in [6.45, 7) is 0.727. The highest BCUT2D eigenvalue weighted by molar-refractivity contribution is 7.08. The van der Waals surface area contributed by atoms with Gasteiger partial charge in [0.05, 0.1) is 22.6 Å². The van der Waals surface area contributed by atoms with Crippen molar-refractivity contribution < 1.29 is 9.18 Å². The fraction of sp³-hybridized carbons (Fsp3) is 0.294. The first-order chi connectivity index (χ1) is 11.2. The van der Waals surface area contributed by atoms with Gasteiger partial charge in [-0.05, 0) is 48.9 Å². The van der Waals surface area contributed by atoms with E-state index in [4.69, 9.17) is 0 Å². The van der Waals surface area contributed by atoms with E-state index < -0.39 is 0 Å². The van der Waals surface area contributed by atoms with E-state index >= 15 is 0 Å². The van der Waals surface area contributed by atoms with E-state index in [-0.39, 0.29) is 17.8 Å². The monoisotopic (exact) mass is 329 g/mol.